The molecule has 1 amide bonds. The third kappa shape index (κ3) is 9.30. The molecule has 0 aliphatic rings. The molecule has 4 heteroatoms. The molecule has 0 saturated heterocycles. The number of rotatable bonds is 5. The molecule has 0 aliphatic heterocycles. The molecule has 0 aliphatic carbocycles. The van der Waals surface area contributed by atoms with Crippen LogP contribution >= 0.6 is 0 Å². The van der Waals surface area contributed by atoms with E-state index in [1.54, 1.807) is 0 Å². The highest BCUT2D eigenvalue weighted by Crippen LogP contribution is 1.96. The summed E-state index contributed by atoms with van der Waals surface area (Å²) < 4.78 is 0. The van der Waals surface area contributed by atoms with Crippen LogP contribution in [0.5, 0.6) is 0 Å². The smallest absolute Gasteiger partial charge is 0.234 e. The summed E-state index contributed by atoms with van der Waals surface area (Å²) in [5, 5.41) is 14.2. The molecule has 0 aromatic rings. The van der Waals surface area contributed by atoms with Gasteiger partial charge in [0.25, 0.3) is 0 Å². The van der Waals surface area contributed by atoms with E-state index in [1.807, 2.05) is 20.8 Å². The Labute approximate surface area is 79.7 Å². The van der Waals surface area contributed by atoms with E-state index in [0.717, 1.165) is 0 Å². The molecule has 0 aromatic carbocycles. The van der Waals surface area contributed by atoms with E-state index in [-0.39, 0.29) is 18.1 Å². The molecule has 0 bridgehead atoms. The summed E-state index contributed by atoms with van der Waals surface area (Å²) in [6.07, 6.45) is 0.683. The van der Waals surface area contributed by atoms with Gasteiger partial charge in [-0.25, -0.2) is 0 Å². The maximum absolute atomic E-state index is 11.2. The molecule has 0 fully saturated rings. The lowest BCUT2D eigenvalue weighted by Gasteiger charge is -2.20. The molecular formula is C9H20N2O2. The van der Waals surface area contributed by atoms with Crippen LogP contribution in [0.15, 0.2) is 0 Å². The van der Waals surface area contributed by atoms with Crippen molar-refractivity contribution in [1.82, 2.24) is 10.6 Å². The van der Waals surface area contributed by atoms with Crippen LogP contribution in [0.1, 0.15) is 27.2 Å². The van der Waals surface area contributed by atoms with Gasteiger partial charge in [0, 0.05) is 12.1 Å². The number of carbonyl (C=O) groups excluding carboxylic acids is 1. The van der Waals surface area contributed by atoms with Crippen LogP contribution < -0.4 is 10.6 Å². The zero-order valence-electron chi connectivity index (χ0n) is 8.68. The summed E-state index contributed by atoms with van der Waals surface area (Å²) in [7, 11) is 0. The average Bonchev–Trinajstić information content (AvgIpc) is 1.94. The second kappa shape index (κ2) is 5.94. The second-order valence-corrected chi connectivity index (χ2v) is 4.05. The van der Waals surface area contributed by atoms with Gasteiger partial charge in [0.2, 0.25) is 5.91 Å². The Morgan fingerprint density at radius 1 is 1.38 bits per heavy atom. The van der Waals surface area contributed by atoms with E-state index >= 15 is 0 Å². The molecule has 0 rings (SSSR count). The second-order valence-electron chi connectivity index (χ2n) is 4.05. The van der Waals surface area contributed by atoms with Crippen molar-refractivity contribution in [3.8, 4) is 0 Å². The van der Waals surface area contributed by atoms with E-state index in [9.17, 15) is 4.79 Å². The summed E-state index contributed by atoms with van der Waals surface area (Å²) >= 11 is 0. The molecule has 3 N–H and O–H groups in total. The Balaban J connectivity index is 3.41. The van der Waals surface area contributed by atoms with Crippen molar-refractivity contribution in [2.75, 3.05) is 19.7 Å². The molecule has 78 valence electrons. The highest BCUT2D eigenvalue weighted by Gasteiger charge is 2.12. The van der Waals surface area contributed by atoms with Crippen molar-refractivity contribution in [3.63, 3.8) is 0 Å². The van der Waals surface area contributed by atoms with Gasteiger partial charge in [-0.3, -0.25) is 4.79 Å². The van der Waals surface area contributed by atoms with E-state index in [0.29, 0.717) is 19.5 Å². The van der Waals surface area contributed by atoms with Gasteiger partial charge in [0.15, 0.2) is 0 Å². The first-order valence-corrected chi connectivity index (χ1v) is 4.58. The van der Waals surface area contributed by atoms with E-state index in [4.69, 9.17) is 5.11 Å². The number of hydrogen-bond acceptors (Lipinski definition) is 3. The predicted octanol–water partition coefficient (Wildman–Crippen LogP) is -0.127. The minimum absolute atomic E-state index is 0.00885. The van der Waals surface area contributed by atoms with Crippen molar-refractivity contribution < 1.29 is 9.90 Å². The molecule has 4 nitrogen and oxygen atoms in total. The third-order valence-corrected chi connectivity index (χ3v) is 1.31. The Morgan fingerprint density at radius 3 is 2.46 bits per heavy atom. The van der Waals surface area contributed by atoms with Crippen LogP contribution in [0.25, 0.3) is 0 Å². The van der Waals surface area contributed by atoms with Gasteiger partial charge in [-0.15, -0.1) is 0 Å². The quantitative estimate of drug-likeness (QED) is 0.527. The van der Waals surface area contributed by atoms with Gasteiger partial charge in [-0.05, 0) is 33.7 Å². The molecule has 0 spiro atoms. The van der Waals surface area contributed by atoms with Crippen LogP contribution in [0.2, 0.25) is 0 Å². The van der Waals surface area contributed by atoms with Gasteiger partial charge >= 0.3 is 0 Å². The largest absolute Gasteiger partial charge is 0.396 e. The Morgan fingerprint density at radius 2 is 2.00 bits per heavy atom. The van der Waals surface area contributed by atoms with E-state index in [1.165, 1.54) is 0 Å². The summed E-state index contributed by atoms with van der Waals surface area (Å²) in [5.41, 5.74) is -0.171. The molecule has 0 atom stereocenters. The first kappa shape index (κ1) is 12.4. The predicted molar refractivity (Wildman–Crippen MR) is 52.5 cm³/mol. The molecule has 0 heterocycles. The van der Waals surface area contributed by atoms with Gasteiger partial charge < -0.3 is 15.7 Å². The van der Waals surface area contributed by atoms with Gasteiger partial charge in [-0.2, -0.15) is 0 Å². The molecular weight excluding hydrogens is 168 g/mol. The van der Waals surface area contributed by atoms with Crippen LogP contribution in [-0.2, 0) is 4.79 Å². The Bertz CT molecular complexity index is 152. The lowest BCUT2D eigenvalue weighted by Crippen LogP contribution is -2.45. The summed E-state index contributed by atoms with van der Waals surface area (Å²) in [6.45, 7) is 6.98. The number of aliphatic hydroxyl groups is 1. The van der Waals surface area contributed by atoms with Gasteiger partial charge in [0.1, 0.15) is 0 Å². The lowest BCUT2D eigenvalue weighted by atomic mass is 10.1. The van der Waals surface area contributed by atoms with Gasteiger partial charge in [0.05, 0.1) is 6.54 Å². The molecule has 0 unspecified atom stereocenters. The van der Waals surface area contributed by atoms with Crippen molar-refractivity contribution >= 4 is 5.91 Å². The third-order valence-electron chi connectivity index (χ3n) is 1.31. The number of aliphatic hydroxyl groups excluding tert-OH is 1. The SMILES string of the molecule is CC(C)(C)NC(=O)CNCCCO. The standard InChI is InChI=1S/C9H20N2O2/c1-9(2,3)11-8(13)7-10-5-4-6-12/h10,12H,4-7H2,1-3H3,(H,11,13). The van der Waals surface area contributed by atoms with Crippen LogP contribution in [0.4, 0.5) is 0 Å². The van der Waals surface area contributed by atoms with E-state index < -0.39 is 0 Å². The van der Waals surface area contributed by atoms with Crippen LogP contribution in [-0.4, -0.2) is 36.2 Å². The minimum atomic E-state index is -0.171. The Hall–Kier alpha value is -0.610. The topological polar surface area (TPSA) is 61.4 Å². The van der Waals surface area contributed by atoms with Gasteiger partial charge in [-0.1, -0.05) is 0 Å². The fourth-order valence-corrected chi connectivity index (χ4v) is 0.868. The normalized spacial score (nSPS) is 11.4. The number of hydrogen-bond donors (Lipinski definition) is 3. The first-order valence-electron chi connectivity index (χ1n) is 4.58. The Kier molecular flexibility index (Phi) is 5.66. The average molecular weight is 188 g/mol. The van der Waals surface area contributed by atoms with Crippen molar-refractivity contribution in [2.24, 2.45) is 0 Å². The summed E-state index contributed by atoms with van der Waals surface area (Å²) in [6, 6.07) is 0. The highest BCUT2D eigenvalue weighted by molar-refractivity contribution is 5.78. The molecule has 0 saturated carbocycles. The molecule has 0 aromatic heterocycles. The van der Waals surface area contributed by atoms with Crippen molar-refractivity contribution in [3.05, 3.63) is 0 Å². The zero-order valence-corrected chi connectivity index (χ0v) is 8.68. The number of amides is 1. The van der Waals surface area contributed by atoms with Crippen molar-refractivity contribution in [1.29, 1.82) is 0 Å². The zero-order chi connectivity index (χ0) is 10.3. The monoisotopic (exact) mass is 188 g/mol. The summed E-state index contributed by atoms with van der Waals surface area (Å²) in [4.78, 5) is 11.2. The highest BCUT2D eigenvalue weighted by atomic mass is 16.3. The number of nitrogens with one attached hydrogen (secondary N) is 2. The summed E-state index contributed by atoms with van der Waals surface area (Å²) in [5.74, 6) is -0.00885. The van der Waals surface area contributed by atoms with Crippen LogP contribution in [0.3, 0.4) is 0 Å². The fraction of sp³-hybridized carbons (Fsp3) is 0.889. The molecule has 0 radical (unpaired) electrons. The van der Waals surface area contributed by atoms with Crippen molar-refractivity contribution in [2.45, 2.75) is 32.7 Å². The first-order chi connectivity index (χ1) is 5.95. The molecule has 13 heavy (non-hydrogen) atoms. The van der Waals surface area contributed by atoms with Crippen LogP contribution in [0, 0.1) is 0 Å². The number of carbonyl (C=O) groups is 1. The maximum atomic E-state index is 11.2. The van der Waals surface area contributed by atoms with E-state index in [2.05, 4.69) is 10.6 Å². The minimum Gasteiger partial charge on any atom is -0.396 e. The fourth-order valence-electron chi connectivity index (χ4n) is 0.868. The lowest BCUT2D eigenvalue weighted by molar-refractivity contribution is -0.121. The maximum Gasteiger partial charge on any atom is 0.234 e.